The molecule has 2 aromatic carbocycles. The van der Waals surface area contributed by atoms with Crippen LogP contribution in [0, 0.1) is 5.92 Å². The van der Waals surface area contributed by atoms with Crippen LogP contribution in [-0.4, -0.2) is 42.2 Å². The predicted octanol–water partition coefficient (Wildman–Crippen LogP) is 2.41. The summed E-state index contributed by atoms with van der Waals surface area (Å²) in [6.07, 6.45) is 0. The molecule has 2 aliphatic rings. The number of carbonyl (C=O) groups excluding carboxylic acids is 1. The molecule has 2 saturated heterocycles. The molecule has 2 aliphatic heterocycles. The second kappa shape index (κ2) is 7.48. The number of likely N-dealkylation sites (tertiary alicyclic amines) is 1. The predicted molar refractivity (Wildman–Crippen MR) is 102 cm³/mol. The van der Waals surface area contributed by atoms with Crippen LogP contribution < -0.4 is 10.9 Å². The van der Waals surface area contributed by atoms with Gasteiger partial charge in [0.15, 0.2) is 0 Å². The number of benzene rings is 2. The third-order valence-electron chi connectivity index (χ3n) is 5.41. The van der Waals surface area contributed by atoms with Gasteiger partial charge in [-0.3, -0.25) is 4.79 Å². The van der Waals surface area contributed by atoms with Crippen molar-refractivity contribution in [3.8, 4) is 5.75 Å². The van der Waals surface area contributed by atoms with Gasteiger partial charge < -0.3 is 14.7 Å². The number of rotatable bonds is 5. The Kier molecular flexibility index (Phi) is 5.06. The van der Waals surface area contributed by atoms with Gasteiger partial charge in [0.25, 0.3) is 0 Å². The quantitative estimate of drug-likeness (QED) is 0.734. The normalized spacial score (nSPS) is 27.2. The molecule has 6 nitrogen and oxygen atoms in total. The van der Waals surface area contributed by atoms with Crippen LogP contribution in [-0.2, 0) is 9.53 Å². The largest absolute Gasteiger partial charge is 0.508 e. The summed E-state index contributed by atoms with van der Waals surface area (Å²) in [6, 6.07) is 14.1. The number of carbonyl (C=O) groups is 1. The molecule has 0 aromatic heterocycles. The van der Waals surface area contributed by atoms with Crippen molar-refractivity contribution in [3.63, 3.8) is 0 Å². The minimum absolute atomic E-state index is 0.0208. The monoisotopic (exact) mass is 387 g/mol. The number of hydrogen-bond acceptors (Lipinski definition) is 5. The number of hydrazine groups is 1. The van der Waals surface area contributed by atoms with E-state index in [9.17, 15) is 9.90 Å². The molecular weight excluding hydrogens is 366 g/mol. The lowest BCUT2D eigenvalue weighted by Crippen LogP contribution is -2.42. The summed E-state index contributed by atoms with van der Waals surface area (Å²) in [6.45, 7) is 0.950. The van der Waals surface area contributed by atoms with E-state index < -0.39 is 0 Å². The lowest BCUT2D eigenvalue weighted by atomic mass is 9.83. The number of aromatic hydroxyl groups is 1. The van der Waals surface area contributed by atoms with E-state index in [0.717, 1.165) is 11.1 Å². The Labute approximate surface area is 163 Å². The maximum Gasteiger partial charge on any atom is 0.242 e. The Bertz CT molecular complexity index is 847. The standard InChI is InChI=1S/C20H22ClN3O3/c1-27-10-9-24-19(12-5-4-6-13(21)11-12)16-17(22-23-18(16)20(24)26)14-7-2-3-8-15(14)25/h2-8,11,16-19,22-23,25H,9-10H2,1H3. The van der Waals surface area contributed by atoms with Crippen molar-refractivity contribution in [2.24, 2.45) is 5.92 Å². The van der Waals surface area contributed by atoms with Crippen molar-refractivity contribution >= 4 is 17.5 Å². The highest BCUT2D eigenvalue weighted by molar-refractivity contribution is 6.30. The Morgan fingerprint density at radius 2 is 1.93 bits per heavy atom. The number of phenols is 1. The molecule has 4 atom stereocenters. The maximum atomic E-state index is 13.1. The van der Waals surface area contributed by atoms with Crippen molar-refractivity contribution in [2.45, 2.75) is 18.1 Å². The summed E-state index contributed by atoms with van der Waals surface area (Å²) < 4.78 is 5.22. The third kappa shape index (κ3) is 3.19. The zero-order chi connectivity index (χ0) is 19.0. The van der Waals surface area contributed by atoms with E-state index in [1.807, 2.05) is 41.3 Å². The van der Waals surface area contributed by atoms with Crippen molar-refractivity contribution in [1.29, 1.82) is 0 Å². The number of ether oxygens (including phenoxy) is 1. The summed E-state index contributed by atoms with van der Waals surface area (Å²) in [5.74, 6) is 0.138. The summed E-state index contributed by atoms with van der Waals surface area (Å²) in [7, 11) is 1.63. The number of hydrogen-bond donors (Lipinski definition) is 3. The van der Waals surface area contributed by atoms with Crippen LogP contribution >= 0.6 is 11.6 Å². The number of para-hydroxylation sites is 1. The number of amides is 1. The highest BCUT2D eigenvalue weighted by Gasteiger charge is 2.55. The summed E-state index contributed by atoms with van der Waals surface area (Å²) in [4.78, 5) is 14.9. The van der Waals surface area contributed by atoms with Gasteiger partial charge in [-0.2, -0.15) is 0 Å². The number of phenolic OH excluding ortho intramolecular Hbond substituents is 1. The van der Waals surface area contributed by atoms with Crippen LogP contribution in [0.2, 0.25) is 5.02 Å². The van der Waals surface area contributed by atoms with Crippen molar-refractivity contribution in [2.75, 3.05) is 20.3 Å². The summed E-state index contributed by atoms with van der Waals surface area (Å²) >= 11 is 6.23. The molecule has 0 aliphatic carbocycles. The smallest absolute Gasteiger partial charge is 0.242 e. The first-order valence-corrected chi connectivity index (χ1v) is 9.33. The first-order chi connectivity index (χ1) is 13.1. The Morgan fingerprint density at radius 3 is 2.67 bits per heavy atom. The Morgan fingerprint density at radius 1 is 1.15 bits per heavy atom. The minimum atomic E-state index is -0.379. The molecule has 0 spiro atoms. The molecule has 7 heteroatoms. The lowest BCUT2D eigenvalue weighted by Gasteiger charge is -2.31. The van der Waals surface area contributed by atoms with Crippen LogP contribution in [0.25, 0.3) is 0 Å². The van der Waals surface area contributed by atoms with Gasteiger partial charge in [-0.15, -0.1) is 0 Å². The van der Waals surface area contributed by atoms with Crippen molar-refractivity contribution in [1.82, 2.24) is 15.8 Å². The molecule has 4 rings (SSSR count). The molecule has 2 heterocycles. The maximum absolute atomic E-state index is 13.1. The molecule has 0 bridgehead atoms. The van der Waals surface area contributed by atoms with E-state index in [1.54, 1.807) is 19.2 Å². The average molecular weight is 388 g/mol. The highest BCUT2D eigenvalue weighted by atomic mass is 35.5. The van der Waals surface area contributed by atoms with Gasteiger partial charge in [0, 0.05) is 30.2 Å². The number of nitrogens with one attached hydrogen (secondary N) is 2. The molecule has 2 fully saturated rings. The van der Waals surface area contributed by atoms with Gasteiger partial charge in [-0.05, 0) is 23.8 Å². The minimum Gasteiger partial charge on any atom is -0.508 e. The first kappa shape index (κ1) is 18.3. The van der Waals surface area contributed by atoms with Gasteiger partial charge in [-0.1, -0.05) is 41.9 Å². The van der Waals surface area contributed by atoms with Crippen molar-refractivity contribution in [3.05, 3.63) is 64.7 Å². The number of nitrogens with zero attached hydrogens (tertiary/aromatic N) is 1. The first-order valence-electron chi connectivity index (χ1n) is 8.95. The van der Waals surface area contributed by atoms with Gasteiger partial charge in [0.2, 0.25) is 5.91 Å². The van der Waals surface area contributed by atoms with Crippen LogP contribution in [0.1, 0.15) is 23.2 Å². The van der Waals surface area contributed by atoms with Gasteiger partial charge >= 0.3 is 0 Å². The average Bonchev–Trinajstić information content (AvgIpc) is 3.20. The molecule has 0 saturated carbocycles. The van der Waals surface area contributed by atoms with Crippen LogP contribution in [0.15, 0.2) is 48.5 Å². The van der Waals surface area contributed by atoms with Crippen LogP contribution in [0.3, 0.4) is 0 Å². The Balaban J connectivity index is 1.77. The topological polar surface area (TPSA) is 73.8 Å². The number of fused-ring (bicyclic) bond motifs is 1. The fourth-order valence-electron chi connectivity index (χ4n) is 4.25. The molecule has 4 unspecified atom stereocenters. The van der Waals surface area contributed by atoms with E-state index in [1.165, 1.54) is 0 Å². The number of methoxy groups -OCH3 is 1. The molecule has 27 heavy (non-hydrogen) atoms. The van der Waals surface area contributed by atoms with Crippen LogP contribution in [0.5, 0.6) is 5.75 Å². The fourth-order valence-corrected chi connectivity index (χ4v) is 4.44. The molecule has 0 radical (unpaired) electrons. The third-order valence-corrected chi connectivity index (χ3v) is 5.65. The highest BCUT2D eigenvalue weighted by Crippen LogP contribution is 2.48. The summed E-state index contributed by atoms with van der Waals surface area (Å²) in [5.41, 5.74) is 8.10. The summed E-state index contributed by atoms with van der Waals surface area (Å²) in [5, 5.41) is 11.0. The molecule has 2 aromatic rings. The van der Waals surface area contributed by atoms with E-state index in [0.29, 0.717) is 18.2 Å². The van der Waals surface area contributed by atoms with E-state index in [2.05, 4.69) is 10.9 Å². The second-order valence-corrected chi connectivity index (χ2v) is 7.34. The zero-order valence-electron chi connectivity index (χ0n) is 14.9. The van der Waals surface area contributed by atoms with E-state index in [-0.39, 0.29) is 35.7 Å². The van der Waals surface area contributed by atoms with Crippen LogP contribution in [0.4, 0.5) is 0 Å². The van der Waals surface area contributed by atoms with E-state index >= 15 is 0 Å². The molecular formula is C20H22ClN3O3. The van der Waals surface area contributed by atoms with E-state index in [4.69, 9.17) is 16.3 Å². The number of halogens is 1. The molecule has 3 N–H and O–H groups in total. The molecule has 142 valence electrons. The SMILES string of the molecule is COCCN1C(=O)C2NNC(c3ccccc3O)C2C1c1cccc(Cl)c1. The van der Waals surface area contributed by atoms with Gasteiger partial charge in [0.05, 0.1) is 18.7 Å². The molecule has 1 amide bonds. The second-order valence-electron chi connectivity index (χ2n) is 6.90. The fraction of sp³-hybridized carbons (Fsp3) is 0.350. The van der Waals surface area contributed by atoms with Crippen molar-refractivity contribution < 1.29 is 14.6 Å². The lowest BCUT2D eigenvalue weighted by molar-refractivity contribution is -0.131. The zero-order valence-corrected chi connectivity index (χ0v) is 15.7. The van der Waals surface area contributed by atoms with Gasteiger partial charge in [-0.25, -0.2) is 10.9 Å². The van der Waals surface area contributed by atoms with Gasteiger partial charge in [0.1, 0.15) is 11.8 Å². The Hall–Kier alpha value is -2.12.